The summed E-state index contributed by atoms with van der Waals surface area (Å²) in [6.45, 7) is 2.66. The van der Waals surface area contributed by atoms with E-state index in [-0.39, 0.29) is 12.5 Å². The van der Waals surface area contributed by atoms with E-state index in [4.69, 9.17) is 18.0 Å². The lowest BCUT2D eigenvalue weighted by molar-refractivity contribution is -0.119. The second-order valence-electron chi connectivity index (χ2n) is 3.10. The predicted molar refractivity (Wildman–Crippen MR) is 67.3 cm³/mol. The van der Waals surface area contributed by atoms with Crippen LogP contribution in [0.5, 0.6) is 0 Å². The van der Waals surface area contributed by atoms with Crippen LogP contribution in [-0.4, -0.2) is 29.0 Å². The Morgan fingerprint density at radius 1 is 1.62 bits per heavy atom. The minimum absolute atomic E-state index is 0.0787. The van der Waals surface area contributed by atoms with E-state index < -0.39 is 0 Å². The normalized spacial score (nSPS) is 9.56. The number of hydrogen-bond acceptors (Lipinski definition) is 4. The van der Waals surface area contributed by atoms with Gasteiger partial charge in [0.05, 0.1) is 6.54 Å². The molecule has 0 aromatic carbocycles. The summed E-state index contributed by atoms with van der Waals surface area (Å²) in [4.78, 5) is 15.5. The number of carbonyl (C=O) groups excluding carboxylic acids is 1. The lowest BCUT2D eigenvalue weighted by atomic mass is 10.2. The second kappa shape index (κ2) is 6.02. The van der Waals surface area contributed by atoms with Crippen molar-refractivity contribution in [1.29, 1.82) is 0 Å². The first-order valence-corrected chi connectivity index (χ1v) is 5.30. The Morgan fingerprint density at radius 2 is 2.38 bits per heavy atom. The number of nitrogens with one attached hydrogen (secondary N) is 2. The number of rotatable bonds is 5. The van der Waals surface area contributed by atoms with Crippen molar-refractivity contribution in [1.82, 2.24) is 10.3 Å². The average molecular weight is 238 g/mol. The fourth-order valence-electron chi connectivity index (χ4n) is 1.11. The Morgan fingerprint density at radius 3 is 3.00 bits per heavy atom. The van der Waals surface area contributed by atoms with Gasteiger partial charge in [-0.05, 0) is 19.1 Å². The van der Waals surface area contributed by atoms with Gasteiger partial charge in [0.15, 0.2) is 0 Å². The van der Waals surface area contributed by atoms with E-state index in [1.807, 2.05) is 6.92 Å². The summed E-state index contributed by atoms with van der Waals surface area (Å²) < 4.78 is 0. The molecule has 0 unspecified atom stereocenters. The molecule has 1 rings (SSSR count). The molecule has 0 aliphatic heterocycles. The van der Waals surface area contributed by atoms with Gasteiger partial charge in [0, 0.05) is 18.3 Å². The maximum absolute atomic E-state index is 11.2. The number of nitrogens with zero attached hydrogens (tertiary/aromatic N) is 1. The summed E-state index contributed by atoms with van der Waals surface area (Å²) >= 11 is 4.84. The van der Waals surface area contributed by atoms with Crippen molar-refractivity contribution < 1.29 is 4.79 Å². The van der Waals surface area contributed by atoms with Crippen LogP contribution in [0.4, 0.5) is 5.82 Å². The van der Waals surface area contributed by atoms with Crippen LogP contribution in [0.15, 0.2) is 18.3 Å². The molecule has 6 heteroatoms. The van der Waals surface area contributed by atoms with Crippen LogP contribution in [0, 0.1) is 0 Å². The number of likely N-dealkylation sites (N-methyl/N-ethyl adjacent to an activating group) is 1. The number of hydrogen-bond donors (Lipinski definition) is 3. The maximum Gasteiger partial charge on any atom is 0.239 e. The summed E-state index contributed by atoms with van der Waals surface area (Å²) in [6.07, 6.45) is 1.59. The molecular formula is C10H14N4OS. The molecule has 0 aliphatic rings. The average Bonchev–Trinajstić information content (AvgIpc) is 2.27. The number of carbonyl (C=O) groups is 1. The highest BCUT2D eigenvalue weighted by Gasteiger charge is 2.02. The van der Waals surface area contributed by atoms with Gasteiger partial charge in [-0.1, -0.05) is 12.2 Å². The molecule has 1 aromatic heterocycles. The number of nitrogens with two attached hydrogens (primary N) is 1. The summed E-state index contributed by atoms with van der Waals surface area (Å²) in [5, 5.41) is 5.56. The Kier molecular flexibility index (Phi) is 4.65. The molecule has 4 N–H and O–H groups in total. The van der Waals surface area contributed by atoms with E-state index in [1.54, 1.807) is 18.3 Å². The van der Waals surface area contributed by atoms with Crippen LogP contribution in [0.1, 0.15) is 12.5 Å². The first-order chi connectivity index (χ1) is 7.63. The van der Waals surface area contributed by atoms with Crippen LogP contribution in [-0.2, 0) is 4.79 Å². The molecule has 0 saturated carbocycles. The van der Waals surface area contributed by atoms with Gasteiger partial charge >= 0.3 is 0 Å². The highest BCUT2D eigenvalue weighted by Crippen LogP contribution is 2.05. The van der Waals surface area contributed by atoms with E-state index in [0.29, 0.717) is 17.4 Å². The maximum atomic E-state index is 11.2. The zero-order valence-electron chi connectivity index (χ0n) is 8.99. The van der Waals surface area contributed by atoms with E-state index in [9.17, 15) is 4.79 Å². The van der Waals surface area contributed by atoms with Crippen molar-refractivity contribution in [2.24, 2.45) is 5.73 Å². The zero-order chi connectivity index (χ0) is 12.0. The Labute approximate surface area is 99.4 Å². The first kappa shape index (κ1) is 12.4. The summed E-state index contributed by atoms with van der Waals surface area (Å²) in [7, 11) is 0. The van der Waals surface area contributed by atoms with Crippen molar-refractivity contribution in [3.8, 4) is 0 Å². The third-order valence-corrected chi connectivity index (χ3v) is 2.08. The molecule has 0 saturated heterocycles. The molecule has 0 fully saturated rings. The smallest absolute Gasteiger partial charge is 0.239 e. The third kappa shape index (κ3) is 3.82. The molecule has 0 atom stereocenters. The third-order valence-electron chi connectivity index (χ3n) is 1.85. The Hall–Kier alpha value is -1.69. The number of pyridine rings is 1. The minimum atomic E-state index is -0.0787. The molecule has 86 valence electrons. The number of amides is 1. The van der Waals surface area contributed by atoms with Gasteiger partial charge in [-0.15, -0.1) is 0 Å². The number of aromatic nitrogens is 1. The van der Waals surface area contributed by atoms with Gasteiger partial charge in [-0.25, -0.2) is 4.98 Å². The summed E-state index contributed by atoms with van der Waals surface area (Å²) in [6, 6.07) is 3.43. The monoisotopic (exact) mass is 238 g/mol. The van der Waals surface area contributed by atoms with Crippen LogP contribution in [0.3, 0.4) is 0 Å². The molecule has 0 bridgehead atoms. The van der Waals surface area contributed by atoms with Crippen LogP contribution < -0.4 is 16.4 Å². The topological polar surface area (TPSA) is 80.0 Å². The molecule has 1 amide bonds. The second-order valence-corrected chi connectivity index (χ2v) is 3.54. The lowest BCUT2D eigenvalue weighted by Crippen LogP contribution is -2.29. The lowest BCUT2D eigenvalue weighted by Gasteiger charge is -2.06. The van der Waals surface area contributed by atoms with Gasteiger partial charge in [-0.3, -0.25) is 4.79 Å². The van der Waals surface area contributed by atoms with Gasteiger partial charge < -0.3 is 16.4 Å². The fraction of sp³-hybridized carbons (Fsp3) is 0.300. The molecule has 1 aromatic rings. The zero-order valence-corrected chi connectivity index (χ0v) is 9.80. The molecule has 0 radical (unpaired) electrons. The van der Waals surface area contributed by atoms with Crippen LogP contribution in [0.2, 0.25) is 0 Å². The molecule has 0 aliphatic carbocycles. The Bertz CT molecular complexity index is 394. The van der Waals surface area contributed by atoms with Crippen molar-refractivity contribution >= 4 is 28.9 Å². The van der Waals surface area contributed by atoms with Crippen LogP contribution in [0.25, 0.3) is 0 Å². The number of anilines is 1. The van der Waals surface area contributed by atoms with Crippen molar-refractivity contribution in [3.63, 3.8) is 0 Å². The van der Waals surface area contributed by atoms with Gasteiger partial charge in [-0.2, -0.15) is 0 Å². The molecule has 1 heterocycles. The van der Waals surface area contributed by atoms with Crippen LogP contribution >= 0.6 is 12.2 Å². The quantitative estimate of drug-likeness (QED) is 0.641. The molecular weight excluding hydrogens is 224 g/mol. The minimum Gasteiger partial charge on any atom is -0.389 e. The summed E-state index contributed by atoms with van der Waals surface area (Å²) in [5.41, 5.74) is 6.21. The standard InChI is InChI=1S/C10H14N4OS/c1-2-12-9(15)6-14-8-5-7(10(11)16)3-4-13-8/h3-5H,2,6H2,1H3,(H2,11,16)(H,12,15)(H,13,14). The van der Waals surface area contributed by atoms with Gasteiger partial charge in [0.1, 0.15) is 10.8 Å². The highest BCUT2D eigenvalue weighted by atomic mass is 32.1. The van der Waals surface area contributed by atoms with E-state index in [2.05, 4.69) is 15.6 Å². The first-order valence-electron chi connectivity index (χ1n) is 4.90. The van der Waals surface area contributed by atoms with E-state index in [1.165, 1.54) is 0 Å². The number of thiocarbonyl (C=S) groups is 1. The largest absolute Gasteiger partial charge is 0.389 e. The van der Waals surface area contributed by atoms with Crippen molar-refractivity contribution in [2.45, 2.75) is 6.92 Å². The molecule has 16 heavy (non-hydrogen) atoms. The van der Waals surface area contributed by atoms with E-state index in [0.717, 1.165) is 5.56 Å². The predicted octanol–water partition coefficient (Wildman–Crippen LogP) is 0.264. The molecule has 0 spiro atoms. The SMILES string of the molecule is CCNC(=O)CNc1cc(C(N)=S)ccn1. The van der Waals surface area contributed by atoms with Gasteiger partial charge in [0.2, 0.25) is 5.91 Å². The fourth-order valence-corrected chi connectivity index (χ4v) is 1.24. The Balaban J connectivity index is 2.57. The highest BCUT2D eigenvalue weighted by molar-refractivity contribution is 7.80. The van der Waals surface area contributed by atoms with Gasteiger partial charge in [0.25, 0.3) is 0 Å². The summed E-state index contributed by atoms with van der Waals surface area (Å²) in [5.74, 6) is 0.501. The molecule has 5 nitrogen and oxygen atoms in total. The van der Waals surface area contributed by atoms with Crippen molar-refractivity contribution in [3.05, 3.63) is 23.9 Å². The van der Waals surface area contributed by atoms with E-state index >= 15 is 0 Å². The van der Waals surface area contributed by atoms with Crippen molar-refractivity contribution in [2.75, 3.05) is 18.4 Å².